The van der Waals surface area contributed by atoms with Crippen molar-refractivity contribution in [1.29, 1.82) is 0 Å². The Kier molecular flexibility index (Phi) is 2.21. The quantitative estimate of drug-likeness (QED) is 0.471. The van der Waals surface area contributed by atoms with E-state index in [-0.39, 0.29) is 0 Å². The van der Waals surface area contributed by atoms with Gasteiger partial charge in [-0.25, -0.2) is 0 Å². The maximum absolute atomic E-state index is 5.22. The molecule has 0 aromatic rings. The first kappa shape index (κ1) is 5.28. The Morgan fingerprint density at radius 2 is 2.33 bits per heavy atom. The molecule has 0 fully saturated rings. The van der Waals surface area contributed by atoms with Crippen LogP contribution in [0.5, 0.6) is 0 Å². The van der Waals surface area contributed by atoms with Gasteiger partial charge in [0.2, 0.25) is 0 Å². The summed E-state index contributed by atoms with van der Waals surface area (Å²) in [6.45, 7) is 5.31. The van der Waals surface area contributed by atoms with Crippen LogP contribution in [0.4, 0.5) is 0 Å². The van der Waals surface area contributed by atoms with E-state index in [1.165, 1.54) is 0 Å². The van der Waals surface area contributed by atoms with E-state index in [4.69, 9.17) is 5.73 Å². The number of allylic oxidation sites excluding steroid dienone is 2. The SMILES string of the molecule is C=CC(N)=CC. The van der Waals surface area contributed by atoms with Gasteiger partial charge in [-0.05, 0) is 13.0 Å². The average Bonchev–Trinajstić information content (AvgIpc) is 1.65. The Hall–Kier alpha value is -0.720. The molecule has 0 saturated carbocycles. The Labute approximate surface area is 38.2 Å². The van der Waals surface area contributed by atoms with Gasteiger partial charge in [0.15, 0.2) is 0 Å². The maximum atomic E-state index is 5.22. The van der Waals surface area contributed by atoms with Gasteiger partial charge in [0, 0.05) is 5.70 Å². The first-order chi connectivity index (χ1) is 2.81. The second kappa shape index (κ2) is 2.51. The molecule has 0 heterocycles. The predicted molar refractivity (Wildman–Crippen MR) is 28.1 cm³/mol. The van der Waals surface area contributed by atoms with E-state index in [2.05, 4.69) is 6.58 Å². The predicted octanol–water partition coefficient (Wildman–Crippen LogP) is 1.03. The van der Waals surface area contributed by atoms with Crippen LogP contribution >= 0.6 is 0 Å². The van der Waals surface area contributed by atoms with Crippen LogP contribution in [0.25, 0.3) is 0 Å². The van der Waals surface area contributed by atoms with Gasteiger partial charge in [0.1, 0.15) is 0 Å². The zero-order valence-corrected chi connectivity index (χ0v) is 3.94. The van der Waals surface area contributed by atoms with Crippen molar-refractivity contribution in [2.75, 3.05) is 0 Å². The van der Waals surface area contributed by atoms with Crippen LogP contribution in [0.3, 0.4) is 0 Å². The zero-order chi connectivity index (χ0) is 4.99. The maximum Gasteiger partial charge on any atom is 0.0264 e. The Bertz CT molecular complexity index is 72.0. The third-order valence-corrected chi connectivity index (χ3v) is 0.569. The first-order valence-corrected chi connectivity index (χ1v) is 1.85. The summed E-state index contributed by atoms with van der Waals surface area (Å²) >= 11 is 0. The van der Waals surface area contributed by atoms with E-state index in [0.717, 1.165) is 5.70 Å². The van der Waals surface area contributed by atoms with E-state index >= 15 is 0 Å². The van der Waals surface area contributed by atoms with E-state index in [0.29, 0.717) is 0 Å². The molecule has 2 N–H and O–H groups in total. The van der Waals surface area contributed by atoms with Gasteiger partial charge in [-0.2, -0.15) is 0 Å². The zero-order valence-electron chi connectivity index (χ0n) is 3.94. The fraction of sp³-hybridized carbons (Fsp3) is 0.200. The molecular weight excluding hydrogens is 74.1 g/mol. The van der Waals surface area contributed by atoms with E-state index in [1.54, 1.807) is 12.2 Å². The fourth-order valence-electron chi connectivity index (χ4n) is 0.118. The molecule has 0 bridgehead atoms. The van der Waals surface area contributed by atoms with Crippen LogP contribution in [-0.4, -0.2) is 0 Å². The van der Waals surface area contributed by atoms with E-state index < -0.39 is 0 Å². The van der Waals surface area contributed by atoms with Gasteiger partial charge in [0.25, 0.3) is 0 Å². The number of hydrogen-bond acceptors (Lipinski definition) is 1. The van der Waals surface area contributed by atoms with Crippen molar-refractivity contribution >= 4 is 0 Å². The highest BCUT2D eigenvalue weighted by atomic mass is 14.5. The summed E-state index contributed by atoms with van der Waals surface area (Å²) in [6, 6.07) is 0. The lowest BCUT2D eigenvalue weighted by molar-refractivity contribution is 1.40. The molecule has 0 unspecified atom stereocenters. The van der Waals surface area contributed by atoms with Gasteiger partial charge in [-0.3, -0.25) is 0 Å². The van der Waals surface area contributed by atoms with Crippen molar-refractivity contribution < 1.29 is 0 Å². The summed E-state index contributed by atoms with van der Waals surface area (Å²) in [5, 5.41) is 0. The monoisotopic (exact) mass is 83.1 g/mol. The second-order valence-corrected chi connectivity index (χ2v) is 0.993. The van der Waals surface area contributed by atoms with Crippen molar-refractivity contribution in [2.24, 2.45) is 5.73 Å². The highest BCUT2D eigenvalue weighted by Gasteiger charge is 1.66. The third-order valence-electron chi connectivity index (χ3n) is 0.569. The largest absolute Gasteiger partial charge is 0.399 e. The van der Waals surface area contributed by atoms with Gasteiger partial charge < -0.3 is 5.73 Å². The lowest BCUT2D eigenvalue weighted by Crippen LogP contribution is -1.88. The number of rotatable bonds is 1. The lowest BCUT2D eigenvalue weighted by atomic mass is 10.4. The molecule has 6 heavy (non-hydrogen) atoms. The molecule has 0 atom stereocenters. The van der Waals surface area contributed by atoms with Crippen molar-refractivity contribution in [3.8, 4) is 0 Å². The summed E-state index contributed by atoms with van der Waals surface area (Å²) in [5.74, 6) is 0. The molecular formula is C5H9N. The first-order valence-electron chi connectivity index (χ1n) is 1.85. The second-order valence-electron chi connectivity index (χ2n) is 0.993. The minimum atomic E-state index is 0.731. The van der Waals surface area contributed by atoms with Crippen molar-refractivity contribution in [3.63, 3.8) is 0 Å². The highest BCUT2D eigenvalue weighted by molar-refractivity contribution is 5.09. The standard InChI is InChI=1S/C5H9N/c1-3-5(6)4-2/h3-4H,1,6H2,2H3. The van der Waals surface area contributed by atoms with Gasteiger partial charge >= 0.3 is 0 Å². The van der Waals surface area contributed by atoms with Crippen molar-refractivity contribution in [2.45, 2.75) is 6.92 Å². The Balaban J connectivity index is 3.50. The highest BCUT2D eigenvalue weighted by Crippen LogP contribution is 1.78. The van der Waals surface area contributed by atoms with Crippen LogP contribution < -0.4 is 5.73 Å². The molecule has 0 aliphatic heterocycles. The van der Waals surface area contributed by atoms with Crippen LogP contribution in [0.2, 0.25) is 0 Å². The summed E-state index contributed by atoms with van der Waals surface area (Å²) in [5.41, 5.74) is 5.95. The van der Waals surface area contributed by atoms with Crippen LogP contribution in [0, 0.1) is 0 Å². The fourth-order valence-corrected chi connectivity index (χ4v) is 0.118. The number of nitrogens with two attached hydrogens (primary N) is 1. The molecule has 0 aromatic carbocycles. The van der Waals surface area contributed by atoms with Crippen molar-refractivity contribution in [3.05, 3.63) is 24.4 Å². The van der Waals surface area contributed by atoms with Crippen LogP contribution in [0.1, 0.15) is 6.92 Å². The molecule has 0 spiro atoms. The smallest absolute Gasteiger partial charge is 0.0264 e. The third kappa shape index (κ3) is 1.58. The molecule has 0 saturated heterocycles. The summed E-state index contributed by atoms with van der Waals surface area (Å²) in [6.07, 6.45) is 3.41. The van der Waals surface area contributed by atoms with Gasteiger partial charge in [0.05, 0.1) is 0 Å². The summed E-state index contributed by atoms with van der Waals surface area (Å²) in [7, 11) is 0. The Morgan fingerprint density at radius 3 is 2.33 bits per heavy atom. The normalized spacial score (nSPS) is 11.2. The molecule has 0 aromatic heterocycles. The van der Waals surface area contributed by atoms with Gasteiger partial charge in [-0.1, -0.05) is 12.7 Å². The lowest BCUT2D eigenvalue weighted by Gasteiger charge is -1.80. The molecule has 1 heteroatoms. The molecule has 0 amide bonds. The average molecular weight is 83.1 g/mol. The minimum Gasteiger partial charge on any atom is -0.399 e. The number of hydrogen-bond donors (Lipinski definition) is 1. The van der Waals surface area contributed by atoms with Crippen LogP contribution in [-0.2, 0) is 0 Å². The molecule has 1 nitrogen and oxygen atoms in total. The summed E-state index contributed by atoms with van der Waals surface area (Å²) < 4.78 is 0. The molecule has 0 aliphatic carbocycles. The van der Waals surface area contributed by atoms with Crippen molar-refractivity contribution in [1.82, 2.24) is 0 Å². The topological polar surface area (TPSA) is 26.0 Å². The molecule has 0 radical (unpaired) electrons. The van der Waals surface area contributed by atoms with Crippen LogP contribution in [0.15, 0.2) is 24.4 Å². The van der Waals surface area contributed by atoms with E-state index in [9.17, 15) is 0 Å². The molecule has 0 rings (SSSR count). The molecule has 0 aliphatic rings. The summed E-state index contributed by atoms with van der Waals surface area (Å²) in [4.78, 5) is 0. The minimum absolute atomic E-state index is 0.731. The Morgan fingerprint density at radius 1 is 1.83 bits per heavy atom. The molecule has 34 valence electrons. The van der Waals surface area contributed by atoms with Gasteiger partial charge in [-0.15, -0.1) is 0 Å². The van der Waals surface area contributed by atoms with E-state index in [1.807, 2.05) is 6.92 Å².